The molecule has 4 rings (SSSR count). The van der Waals surface area contributed by atoms with E-state index in [1.165, 1.54) is 0 Å². The number of benzene rings is 2. The van der Waals surface area contributed by atoms with E-state index in [0.29, 0.717) is 22.4 Å². The molecule has 0 aliphatic heterocycles. The van der Waals surface area contributed by atoms with Gasteiger partial charge in [-0.2, -0.15) is 10.1 Å². The van der Waals surface area contributed by atoms with Crippen LogP contribution in [0, 0.1) is 6.92 Å². The molecule has 8 heteroatoms. The average Bonchev–Trinajstić information content (AvgIpc) is 3.24. The second-order valence-corrected chi connectivity index (χ2v) is 7.00. The summed E-state index contributed by atoms with van der Waals surface area (Å²) in [6.07, 6.45) is 1.67. The Morgan fingerprint density at radius 2 is 1.87 bits per heavy atom. The Balaban J connectivity index is 1.62. The number of halogens is 1. The van der Waals surface area contributed by atoms with Crippen LogP contribution >= 0.6 is 0 Å². The Morgan fingerprint density at radius 1 is 1.13 bits per heavy atom. The molecule has 0 bridgehead atoms. The first kappa shape index (κ1) is 20.2. The maximum Gasteiger partial charge on any atom is 0.460 e. The highest BCUT2D eigenvalue weighted by Crippen LogP contribution is 2.24. The summed E-state index contributed by atoms with van der Waals surface area (Å²) in [5.74, 6) is -0.735. The number of hydrogen-bond acceptors (Lipinski definition) is 5. The summed E-state index contributed by atoms with van der Waals surface area (Å²) in [5, 5.41) is 5.45. The third-order valence-corrected chi connectivity index (χ3v) is 4.92. The number of amides is 1. The number of carbonyl (C=O) groups is 1. The van der Waals surface area contributed by atoms with Crippen LogP contribution in [0.5, 0.6) is 0 Å². The third kappa shape index (κ3) is 4.42. The first-order chi connectivity index (χ1) is 15.0. The van der Waals surface area contributed by atoms with Gasteiger partial charge < -0.3 is 9.84 Å². The van der Waals surface area contributed by atoms with Gasteiger partial charge in [-0.1, -0.05) is 42.5 Å². The summed E-state index contributed by atoms with van der Waals surface area (Å²) >= 11 is 0. The van der Waals surface area contributed by atoms with Crippen molar-refractivity contribution in [1.29, 1.82) is 0 Å². The lowest BCUT2D eigenvalue weighted by Crippen LogP contribution is -2.30. The van der Waals surface area contributed by atoms with Crippen molar-refractivity contribution in [3.05, 3.63) is 105 Å². The topological polar surface area (TPSA) is 101 Å². The summed E-state index contributed by atoms with van der Waals surface area (Å²) in [5.41, 5.74) is 4.03. The number of aromatic nitrogens is 3. The highest BCUT2D eigenvalue weighted by molar-refractivity contribution is 5.95. The van der Waals surface area contributed by atoms with Gasteiger partial charge in [0.1, 0.15) is 6.67 Å². The largest absolute Gasteiger partial charge is 0.460 e. The highest BCUT2D eigenvalue weighted by atomic mass is 19.1. The normalized spacial score (nSPS) is 11.8. The molecule has 0 aliphatic rings. The second-order valence-electron chi connectivity index (χ2n) is 7.00. The summed E-state index contributed by atoms with van der Waals surface area (Å²) in [6.45, 7) is 1.37. The Bertz CT molecular complexity index is 1250. The first-order valence-electron chi connectivity index (χ1n) is 9.58. The van der Waals surface area contributed by atoms with Gasteiger partial charge in [-0.3, -0.25) is 9.78 Å². The summed E-state index contributed by atoms with van der Waals surface area (Å²) < 4.78 is 17.5. The van der Waals surface area contributed by atoms with Crippen molar-refractivity contribution in [1.82, 2.24) is 20.4 Å². The molecular formula is C23H19FN4O3. The molecule has 0 saturated heterocycles. The van der Waals surface area contributed by atoms with Crippen LogP contribution in [0.15, 0.2) is 76.2 Å². The molecule has 2 N–H and O–H groups in total. The molecule has 0 aliphatic carbocycles. The first-order valence-corrected chi connectivity index (χ1v) is 9.58. The lowest BCUT2D eigenvalue weighted by Gasteiger charge is -2.21. The van der Waals surface area contributed by atoms with E-state index < -0.39 is 18.5 Å². The molecule has 0 radical (unpaired) electrons. The molecule has 1 atom stereocenters. The number of pyridine rings is 1. The number of aromatic amines is 1. The summed E-state index contributed by atoms with van der Waals surface area (Å²) in [7, 11) is 0. The zero-order valence-electron chi connectivity index (χ0n) is 16.6. The fourth-order valence-corrected chi connectivity index (χ4v) is 3.26. The fraction of sp³-hybridized carbons (Fsp3) is 0.130. The van der Waals surface area contributed by atoms with Crippen LogP contribution in [-0.4, -0.2) is 21.0 Å². The molecule has 0 unspecified atom stereocenters. The number of alkyl halides is 1. The quantitative estimate of drug-likeness (QED) is 0.497. The van der Waals surface area contributed by atoms with E-state index in [2.05, 4.69) is 25.0 Å². The smallest absolute Gasteiger partial charge is 0.340 e. The van der Waals surface area contributed by atoms with E-state index >= 15 is 0 Å². The highest BCUT2D eigenvalue weighted by Gasteiger charge is 2.21. The van der Waals surface area contributed by atoms with Crippen LogP contribution < -0.4 is 11.1 Å². The van der Waals surface area contributed by atoms with Gasteiger partial charge in [0.25, 0.3) is 5.91 Å². The minimum atomic E-state index is -0.718. The Hall–Kier alpha value is -4.07. The van der Waals surface area contributed by atoms with Crippen molar-refractivity contribution >= 4 is 5.91 Å². The van der Waals surface area contributed by atoms with E-state index in [1.807, 2.05) is 19.1 Å². The van der Waals surface area contributed by atoms with Crippen molar-refractivity contribution in [2.24, 2.45) is 0 Å². The molecule has 4 aromatic rings. The van der Waals surface area contributed by atoms with Gasteiger partial charge in [-0.15, -0.1) is 0 Å². The van der Waals surface area contributed by atoms with E-state index in [9.17, 15) is 14.0 Å². The van der Waals surface area contributed by atoms with Crippen molar-refractivity contribution in [3.63, 3.8) is 0 Å². The Morgan fingerprint density at radius 3 is 2.48 bits per heavy atom. The lowest BCUT2D eigenvalue weighted by molar-refractivity contribution is 0.0942. The summed E-state index contributed by atoms with van der Waals surface area (Å²) in [4.78, 5) is 32.2. The van der Waals surface area contributed by atoms with Gasteiger partial charge in [0, 0.05) is 17.3 Å². The van der Waals surface area contributed by atoms with Gasteiger partial charge >= 0.3 is 5.76 Å². The van der Waals surface area contributed by atoms with Crippen LogP contribution in [0.2, 0.25) is 0 Å². The fourth-order valence-electron chi connectivity index (χ4n) is 3.26. The maximum absolute atomic E-state index is 13.0. The molecule has 0 saturated carbocycles. The molecular weight excluding hydrogens is 399 g/mol. The van der Waals surface area contributed by atoms with Gasteiger partial charge in [0.15, 0.2) is 5.82 Å². The van der Waals surface area contributed by atoms with Gasteiger partial charge in [0.2, 0.25) is 0 Å². The number of nitrogens with zero attached hydrogens (tertiary/aromatic N) is 2. The average molecular weight is 418 g/mol. The number of H-pyrrole nitrogens is 1. The maximum atomic E-state index is 13.0. The standard InChI is InChI=1S/C23H19FN4O3/c1-14-3-2-12-25-19(14)20(16-6-4-15(13-24)5-7-16)26-22(29)18-10-8-17(9-11-18)21-27-23(30)31-28-21/h2-12,20H,13H2,1H3,(H,26,29)(H,27,28,30)/t20-/m0/s1. The zero-order valence-corrected chi connectivity index (χ0v) is 16.6. The second kappa shape index (κ2) is 8.74. The van der Waals surface area contributed by atoms with Gasteiger partial charge in [0.05, 0.1) is 11.7 Å². The monoisotopic (exact) mass is 418 g/mol. The van der Waals surface area contributed by atoms with Crippen molar-refractivity contribution in [3.8, 4) is 11.4 Å². The lowest BCUT2D eigenvalue weighted by atomic mass is 9.98. The molecule has 2 aromatic heterocycles. The van der Waals surface area contributed by atoms with Crippen LogP contribution in [-0.2, 0) is 6.67 Å². The van der Waals surface area contributed by atoms with Crippen LogP contribution in [0.4, 0.5) is 4.39 Å². The van der Waals surface area contributed by atoms with E-state index in [1.54, 1.807) is 54.7 Å². The molecule has 156 valence electrons. The molecule has 7 nitrogen and oxygen atoms in total. The van der Waals surface area contributed by atoms with E-state index in [-0.39, 0.29) is 11.7 Å². The van der Waals surface area contributed by atoms with E-state index in [4.69, 9.17) is 0 Å². The van der Waals surface area contributed by atoms with Gasteiger partial charge in [-0.25, -0.2) is 9.18 Å². The number of aryl methyl sites for hydroxylation is 1. The molecule has 2 aromatic carbocycles. The molecule has 0 spiro atoms. The predicted octanol–water partition coefficient (Wildman–Crippen LogP) is 3.72. The van der Waals surface area contributed by atoms with Crippen molar-refractivity contribution < 1.29 is 13.7 Å². The summed E-state index contributed by atoms with van der Waals surface area (Å²) in [6, 6.07) is 16.8. The zero-order chi connectivity index (χ0) is 21.8. The molecule has 1 amide bonds. The number of nitrogens with one attached hydrogen (secondary N) is 2. The SMILES string of the molecule is Cc1cccnc1[C@@H](NC(=O)c1ccc(-c2nc(=O)o[nH]2)cc1)c1ccc(CF)cc1. The van der Waals surface area contributed by atoms with Crippen LogP contribution in [0.3, 0.4) is 0 Å². The minimum Gasteiger partial charge on any atom is -0.340 e. The number of hydrogen-bond donors (Lipinski definition) is 2. The number of carbonyl (C=O) groups excluding carboxylic acids is 1. The van der Waals surface area contributed by atoms with E-state index in [0.717, 1.165) is 11.1 Å². The third-order valence-electron chi connectivity index (χ3n) is 4.92. The van der Waals surface area contributed by atoms with Crippen LogP contribution in [0.25, 0.3) is 11.4 Å². The van der Waals surface area contributed by atoms with Crippen LogP contribution in [0.1, 0.15) is 38.8 Å². The molecule has 2 heterocycles. The number of rotatable bonds is 6. The Labute approximate surface area is 177 Å². The van der Waals surface area contributed by atoms with Crippen molar-refractivity contribution in [2.75, 3.05) is 0 Å². The minimum absolute atomic E-state index is 0.284. The van der Waals surface area contributed by atoms with Crippen molar-refractivity contribution in [2.45, 2.75) is 19.6 Å². The molecule has 0 fully saturated rings. The predicted molar refractivity (Wildman–Crippen MR) is 112 cm³/mol. The Kier molecular flexibility index (Phi) is 5.70. The van der Waals surface area contributed by atoms with Gasteiger partial charge in [-0.05, 0) is 41.8 Å². The molecule has 31 heavy (non-hydrogen) atoms.